The third-order valence-electron chi connectivity index (χ3n) is 3.73. The van der Waals surface area contributed by atoms with Crippen LogP contribution >= 0.6 is 0 Å². The summed E-state index contributed by atoms with van der Waals surface area (Å²) in [5.74, 6) is -0.139. The number of carbonyl (C=O) groups excluding carboxylic acids is 1. The number of para-hydroxylation sites is 1. The van der Waals surface area contributed by atoms with E-state index >= 15 is 0 Å². The monoisotopic (exact) mass is 293 g/mol. The summed E-state index contributed by atoms with van der Waals surface area (Å²) in [6.45, 7) is 0.211. The van der Waals surface area contributed by atoms with Gasteiger partial charge in [-0.15, -0.1) is 0 Å². The SMILES string of the molecule is O=C(CNc1ccccc1)NN=C1CCCc2ccccc21. The highest BCUT2D eigenvalue weighted by Crippen LogP contribution is 2.21. The molecule has 3 rings (SSSR count). The molecule has 0 fully saturated rings. The molecule has 0 radical (unpaired) electrons. The number of hydrogen-bond acceptors (Lipinski definition) is 3. The van der Waals surface area contributed by atoms with Crippen molar-refractivity contribution in [3.8, 4) is 0 Å². The lowest BCUT2D eigenvalue weighted by Gasteiger charge is -2.17. The first-order chi connectivity index (χ1) is 10.8. The summed E-state index contributed by atoms with van der Waals surface area (Å²) in [7, 11) is 0. The fourth-order valence-electron chi connectivity index (χ4n) is 2.62. The van der Waals surface area contributed by atoms with Crippen molar-refractivity contribution in [3.05, 3.63) is 65.7 Å². The average molecular weight is 293 g/mol. The second-order valence-corrected chi connectivity index (χ2v) is 5.32. The van der Waals surface area contributed by atoms with Gasteiger partial charge < -0.3 is 5.32 Å². The maximum absolute atomic E-state index is 11.9. The van der Waals surface area contributed by atoms with Crippen molar-refractivity contribution in [1.82, 2.24) is 5.43 Å². The maximum atomic E-state index is 11.9. The van der Waals surface area contributed by atoms with Crippen LogP contribution in [0, 0.1) is 0 Å². The van der Waals surface area contributed by atoms with E-state index < -0.39 is 0 Å². The Bertz CT molecular complexity index is 680. The third kappa shape index (κ3) is 3.52. The normalized spacial score (nSPS) is 15.2. The molecule has 112 valence electrons. The lowest BCUT2D eigenvalue weighted by molar-refractivity contribution is -0.119. The van der Waals surface area contributed by atoms with Gasteiger partial charge in [0.2, 0.25) is 0 Å². The highest BCUT2D eigenvalue weighted by molar-refractivity contribution is 6.03. The van der Waals surface area contributed by atoms with Gasteiger partial charge in [0.05, 0.1) is 12.3 Å². The highest BCUT2D eigenvalue weighted by Gasteiger charge is 2.14. The number of hydrogen-bond donors (Lipinski definition) is 2. The third-order valence-corrected chi connectivity index (χ3v) is 3.73. The van der Waals surface area contributed by atoms with Gasteiger partial charge in [0, 0.05) is 11.3 Å². The molecule has 0 unspecified atom stereocenters. The van der Waals surface area contributed by atoms with Crippen LogP contribution in [-0.2, 0) is 11.2 Å². The van der Waals surface area contributed by atoms with E-state index in [9.17, 15) is 4.79 Å². The molecule has 1 amide bonds. The number of hydrazone groups is 1. The van der Waals surface area contributed by atoms with E-state index in [1.807, 2.05) is 42.5 Å². The van der Waals surface area contributed by atoms with Crippen LogP contribution in [0.3, 0.4) is 0 Å². The fraction of sp³-hybridized carbons (Fsp3) is 0.222. The number of aryl methyl sites for hydroxylation is 1. The van der Waals surface area contributed by atoms with Crippen LogP contribution in [0.5, 0.6) is 0 Å². The van der Waals surface area contributed by atoms with Gasteiger partial charge in [0.1, 0.15) is 0 Å². The van der Waals surface area contributed by atoms with Crippen LogP contribution in [0.2, 0.25) is 0 Å². The predicted octanol–water partition coefficient (Wildman–Crippen LogP) is 2.96. The quantitative estimate of drug-likeness (QED) is 0.852. The van der Waals surface area contributed by atoms with Crippen molar-refractivity contribution in [2.45, 2.75) is 19.3 Å². The Morgan fingerprint density at radius 3 is 2.64 bits per heavy atom. The van der Waals surface area contributed by atoms with Crippen LogP contribution in [0.1, 0.15) is 24.0 Å². The molecule has 4 nitrogen and oxygen atoms in total. The number of carbonyl (C=O) groups is 1. The molecule has 0 aromatic heterocycles. The number of anilines is 1. The van der Waals surface area contributed by atoms with E-state index in [0.29, 0.717) is 0 Å². The summed E-state index contributed by atoms with van der Waals surface area (Å²) in [6.07, 6.45) is 3.07. The molecule has 0 atom stereocenters. The summed E-state index contributed by atoms with van der Waals surface area (Å²) >= 11 is 0. The van der Waals surface area contributed by atoms with Gasteiger partial charge in [-0.05, 0) is 37.0 Å². The largest absolute Gasteiger partial charge is 0.376 e. The number of amides is 1. The van der Waals surface area contributed by atoms with Crippen LogP contribution in [0.15, 0.2) is 59.7 Å². The first-order valence-electron chi connectivity index (χ1n) is 7.55. The number of nitrogens with one attached hydrogen (secondary N) is 2. The number of fused-ring (bicyclic) bond motifs is 1. The van der Waals surface area contributed by atoms with Crippen molar-refractivity contribution in [3.63, 3.8) is 0 Å². The number of benzene rings is 2. The molecule has 2 aromatic rings. The second-order valence-electron chi connectivity index (χ2n) is 5.32. The minimum Gasteiger partial charge on any atom is -0.376 e. The van der Waals surface area contributed by atoms with E-state index in [4.69, 9.17) is 0 Å². The van der Waals surface area contributed by atoms with Crippen molar-refractivity contribution in [2.24, 2.45) is 5.10 Å². The van der Waals surface area contributed by atoms with Gasteiger partial charge in [0.25, 0.3) is 5.91 Å². The molecule has 22 heavy (non-hydrogen) atoms. The number of rotatable bonds is 4. The first kappa shape index (κ1) is 14.3. The Morgan fingerprint density at radius 2 is 1.77 bits per heavy atom. The smallest absolute Gasteiger partial charge is 0.259 e. The zero-order chi connectivity index (χ0) is 15.2. The van der Waals surface area contributed by atoms with E-state index in [-0.39, 0.29) is 12.5 Å². The minimum atomic E-state index is -0.139. The van der Waals surface area contributed by atoms with E-state index in [1.165, 1.54) is 5.56 Å². The molecule has 0 spiro atoms. The van der Waals surface area contributed by atoms with Crippen molar-refractivity contribution >= 4 is 17.3 Å². The Balaban J connectivity index is 1.59. The van der Waals surface area contributed by atoms with Gasteiger partial charge in [-0.25, -0.2) is 5.43 Å². The standard InChI is InChI=1S/C18H19N3O/c22-18(13-19-15-9-2-1-3-10-15)21-20-17-12-6-8-14-7-4-5-11-16(14)17/h1-5,7,9-11,19H,6,8,12-13H2,(H,21,22). The molecule has 0 saturated heterocycles. The summed E-state index contributed by atoms with van der Waals surface area (Å²) in [5.41, 5.74) is 7.01. The topological polar surface area (TPSA) is 53.5 Å². The number of nitrogens with zero attached hydrogens (tertiary/aromatic N) is 1. The van der Waals surface area contributed by atoms with Gasteiger partial charge in [0.15, 0.2) is 0 Å². The molecule has 0 saturated carbocycles. The Morgan fingerprint density at radius 1 is 1.00 bits per heavy atom. The Labute approximate surface area is 130 Å². The van der Waals surface area contributed by atoms with Crippen LogP contribution in [0.4, 0.5) is 5.69 Å². The van der Waals surface area contributed by atoms with Crippen LogP contribution < -0.4 is 10.7 Å². The summed E-state index contributed by atoms with van der Waals surface area (Å²) in [4.78, 5) is 11.9. The van der Waals surface area contributed by atoms with Crippen molar-refractivity contribution in [2.75, 3.05) is 11.9 Å². The molecule has 2 aromatic carbocycles. The van der Waals surface area contributed by atoms with Gasteiger partial charge in [-0.2, -0.15) is 5.10 Å². The van der Waals surface area contributed by atoms with Gasteiger partial charge in [-0.3, -0.25) is 4.79 Å². The molecule has 2 N–H and O–H groups in total. The molecular formula is C18H19N3O. The lowest BCUT2D eigenvalue weighted by atomic mass is 9.90. The minimum absolute atomic E-state index is 0.139. The molecule has 1 aliphatic carbocycles. The molecular weight excluding hydrogens is 274 g/mol. The van der Waals surface area contributed by atoms with Crippen LogP contribution in [-0.4, -0.2) is 18.2 Å². The Kier molecular flexibility index (Phi) is 4.49. The molecule has 4 heteroatoms. The summed E-state index contributed by atoms with van der Waals surface area (Å²) < 4.78 is 0. The van der Waals surface area contributed by atoms with E-state index in [2.05, 4.69) is 28.0 Å². The molecule has 0 bridgehead atoms. The maximum Gasteiger partial charge on any atom is 0.259 e. The fourth-order valence-corrected chi connectivity index (χ4v) is 2.62. The van der Waals surface area contributed by atoms with Gasteiger partial charge >= 0.3 is 0 Å². The zero-order valence-electron chi connectivity index (χ0n) is 12.4. The molecule has 0 aliphatic heterocycles. The summed E-state index contributed by atoms with van der Waals surface area (Å²) in [6, 6.07) is 17.9. The lowest BCUT2D eigenvalue weighted by Crippen LogP contribution is -2.27. The van der Waals surface area contributed by atoms with E-state index in [0.717, 1.165) is 36.2 Å². The molecule has 0 heterocycles. The van der Waals surface area contributed by atoms with Gasteiger partial charge in [-0.1, -0.05) is 42.5 Å². The Hall–Kier alpha value is -2.62. The predicted molar refractivity (Wildman–Crippen MR) is 89.0 cm³/mol. The second kappa shape index (κ2) is 6.89. The van der Waals surface area contributed by atoms with Crippen molar-refractivity contribution in [1.29, 1.82) is 0 Å². The molecule has 1 aliphatic rings. The van der Waals surface area contributed by atoms with Crippen LogP contribution in [0.25, 0.3) is 0 Å². The summed E-state index contributed by atoms with van der Waals surface area (Å²) in [5, 5.41) is 7.38. The van der Waals surface area contributed by atoms with Crippen molar-refractivity contribution < 1.29 is 4.79 Å². The zero-order valence-corrected chi connectivity index (χ0v) is 12.4. The van der Waals surface area contributed by atoms with E-state index in [1.54, 1.807) is 0 Å². The highest BCUT2D eigenvalue weighted by atomic mass is 16.2. The first-order valence-corrected chi connectivity index (χ1v) is 7.55. The average Bonchev–Trinajstić information content (AvgIpc) is 2.59.